The van der Waals surface area contributed by atoms with Crippen LogP contribution in [0.15, 0.2) is 58.8 Å². The molecule has 5 N–H and O–H groups in total. The number of hydrazine groups is 1. The number of halogens is 3. The molecular weight excluding hydrogens is 379 g/mol. The average molecular weight is 395 g/mol. The van der Waals surface area contributed by atoms with Crippen LogP contribution in [-0.2, 0) is 4.84 Å². The minimum atomic E-state index is -4.73. The Morgan fingerprint density at radius 3 is 2.32 bits per heavy atom. The molecule has 1 aliphatic rings. The molecule has 0 bridgehead atoms. The first kappa shape index (κ1) is 19.3. The first-order valence-electron chi connectivity index (χ1n) is 7.99. The van der Waals surface area contributed by atoms with Crippen LogP contribution in [0.5, 0.6) is 11.5 Å². The van der Waals surface area contributed by atoms with Crippen molar-refractivity contribution in [1.29, 1.82) is 0 Å². The number of nitrogens with one attached hydrogen (secondary N) is 1. The second-order valence-corrected chi connectivity index (χ2v) is 5.65. The number of alkyl halides is 3. The second-order valence-electron chi connectivity index (χ2n) is 5.65. The molecule has 1 aliphatic heterocycles. The number of nitrogens with two attached hydrogens (primary N) is 2. The number of nitrogens with zero attached hydrogens (tertiary/aromatic N) is 2. The van der Waals surface area contributed by atoms with Crippen LogP contribution in [0, 0.1) is 0 Å². The van der Waals surface area contributed by atoms with Crippen LogP contribution in [0.25, 0.3) is 0 Å². The Morgan fingerprint density at radius 1 is 1.11 bits per heavy atom. The summed E-state index contributed by atoms with van der Waals surface area (Å²) in [5.74, 6) is 11.4. The number of benzene rings is 2. The lowest BCUT2D eigenvalue weighted by atomic mass is 10.1. The molecule has 11 heteroatoms. The number of oxime groups is 1. The lowest BCUT2D eigenvalue weighted by molar-refractivity contribution is -0.274. The Labute approximate surface area is 157 Å². The topological polar surface area (TPSA) is 116 Å². The van der Waals surface area contributed by atoms with E-state index in [4.69, 9.17) is 21.3 Å². The van der Waals surface area contributed by atoms with Gasteiger partial charge in [-0.25, -0.2) is 5.84 Å². The van der Waals surface area contributed by atoms with E-state index in [-0.39, 0.29) is 5.75 Å². The SMILES string of the molecule is N/N=C(\NN)c1ccc(OC2=NOC(c3ccc(OC(F)(F)F)cc3)C2)cc1. The highest BCUT2D eigenvalue weighted by Crippen LogP contribution is 2.30. The minimum absolute atomic E-state index is 0.306. The molecule has 0 saturated heterocycles. The van der Waals surface area contributed by atoms with Gasteiger partial charge in [0.25, 0.3) is 0 Å². The molecule has 28 heavy (non-hydrogen) atoms. The molecule has 148 valence electrons. The predicted octanol–water partition coefficient (Wildman–Crippen LogP) is 2.52. The zero-order chi connectivity index (χ0) is 20.1. The van der Waals surface area contributed by atoms with Crippen LogP contribution in [0.4, 0.5) is 13.2 Å². The van der Waals surface area contributed by atoms with Crippen molar-refractivity contribution in [3.8, 4) is 11.5 Å². The summed E-state index contributed by atoms with van der Waals surface area (Å²) >= 11 is 0. The minimum Gasteiger partial charge on any atom is -0.440 e. The van der Waals surface area contributed by atoms with Gasteiger partial charge in [0.2, 0.25) is 5.90 Å². The predicted molar refractivity (Wildman–Crippen MR) is 94.1 cm³/mol. The zero-order valence-corrected chi connectivity index (χ0v) is 14.3. The number of hydrogen-bond donors (Lipinski definition) is 3. The highest BCUT2D eigenvalue weighted by molar-refractivity contribution is 5.98. The fourth-order valence-electron chi connectivity index (χ4n) is 2.49. The fraction of sp³-hybridized carbons (Fsp3) is 0.176. The van der Waals surface area contributed by atoms with Crippen molar-refractivity contribution in [3.63, 3.8) is 0 Å². The number of ether oxygens (including phenoxy) is 2. The molecule has 0 radical (unpaired) electrons. The molecule has 1 atom stereocenters. The Bertz CT molecular complexity index is 867. The first-order valence-corrected chi connectivity index (χ1v) is 7.99. The first-order chi connectivity index (χ1) is 13.4. The van der Waals surface area contributed by atoms with Crippen molar-refractivity contribution < 1.29 is 27.5 Å². The van der Waals surface area contributed by atoms with E-state index >= 15 is 0 Å². The lowest BCUT2D eigenvalue weighted by Crippen LogP contribution is -2.31. The average Bonchev–Trinajstić information content (AvgIpc) is 3.12. The highest BCUT2D eigenvalue weighted by atomic mass is 19.4. The third-order valence-electron chi connectivity index (χ3n) is 3.76. The van der Waals surface area contributed by atoms with Gasteiger partial charge in [-0.2, -0.15) is 5.10 Å². The molecule has 1 unspecified atom stereocenters. The molecule has 0 fully saturated rings. The van der Waals surface area contributed by atoms with E-state index in [0.29, 0.717) is 35.0 Å². The maximum atomic E-state index is 12.2. The van der Waals surface area contributed by atoms with E-state index in [0.717, 1.165) is 0 Å². The van der Waals surface area contributed by atoms with Crippen LogP contribution in [0.3, 0.4) is 0 Å². The zero-order valence-electron chi connectivity index (χ0n) is 14.3. The van der Waals surface area contributed by atoms with Crippen LogP contribution in [0.1, 0.15) is 23.7 Å². The summed E-state index contributed by atoms with van der Waals surface area (Å²) in [6.07, 6.45) is -4.88. The van der Waals surface area contributed by atoms with Crippen LogP contribution in [-0.4, -0.2) is 18.1 Å². The molecule has 0 saturated carbocycles. The van der Waals surface area contributed by atoms with Gasteiger partial charge in [-0.3, -0.25) is 0 Å². The van der Waals surface area contributed by atoms with E-state index in [1.807, 2.05) is 0 Å². The van der Waals surface area contributed by atoms with E-state index in [2.05, 4.69) is 20.4 Å². The van der Waals surface area contributed by atoms with E-state index < -0.39 is 12.5 Å². The molecule has 2 aromatic rings. The van der Waals surface area contributed by atoms with Crippen molar-refractivity contribution >= 4 is 11.7 Å². The Hall–Kier alpha value is -3.47. The van der Waals surface area contributed by atoms with Crippen LogP contribution >= 0.6 is 0 Å². The lowest BCUT2D eigenvalue weighted by Gasteiger charge is -2.11. The molecule has 1 heterocycles. The van der Waals surface area contributed by atoms with Gasteiger partial charge >= 0.3 is 6.36 Å². The molecule has 0 spiro atoms. The van der Waals surface area contributed by atoms with Gasteiger partial charge in [-0.15, -0.1) is 13.2 Å². The quantitative estimate of drug-likeness (QED) is 0.317. The Morgan fingerprint density at radius 2 is 1.75 bits per heavy atom. The van der Waals surface area contributed by atoms with Gasteiger partial charge in [-0.1, -0.05) is 17.3 Å². The van der Waals surface area contributed by atoms with E-state index in [1.165, 1.54) is 24.3 Å². The number of hydrazone groups is 1. The molecule has 0 amide bonds. The molecule has 3 rings (SSSR count). The summed E-state index contributed by atoms with van der Waals surface area (Å²) in [7, 11) is 0. The number of hydrogen-bond acceptors (Lipinski definition) is 7. The Kier molecular flexibility index (Phi) is 5.54. The van der Waals surface area contributed by atoms with Crippen molar-refractivity contribution in [2.75, 3.05) is 0 Å². The standard InChI is InChI=1S/C17H16F3N5O3/c18-17(19,20)27-13-7-1-10(2-8-13)14-9-15(25-28-14)26-12-5-3-11(4-6-12)16(23-21)24-22/h1-8,14H,9,21-22H2,(H,23,24). The van der Waals surface area contributed by atoms with Crippen molar-refractivity contribution in [2.45, 2.75) is 18.9 Å². The smallest absolute Gasteiger partial charge is 0.440 e. The third-order valence-corrected chi connectivity index (χ3v) is 3.76. The molecule has 8 nitrogen and oxygen atoms in total. The normalized spacial score (nSPS) is 16.9. The van der Waals surface area contributed by atoms with E-state index in [9.17, 15) is 13.2 Å². The molecule has 2 aromatic carbocycles. The van der Waals surface area contributed by atoms with Gasteiger partial charge < -0.3 is 25.6 Å². The van der Waals surface area contributed by atoms with Gasteiger partial charge in [0.1, 0.15) is 11.5 Å². The third kappa shape index (κ3) is 4.82. The van der Waals surface area contributed by atoms with E-state index in [1.54, 1.807) is 24.3 Å². The van der Waals surface area contributed by atoms with Crippen LogP contribution < -0.4 is 26.6 Å². The summed E-state index contributed by atoms with van der Waals surface area (Å²) in [4.78, 5) is 5.30. The summed E-state index contributed by atoms with van der Waals surface area (Å²) < 4.78 is 46.1. The monoisotopic (exact) mass is 395 g/mol. The Balaban J connectivity index is 1.58. The maximum Gasteiger partial charge on any atom is 0.573 e. The van der Waals surface area contributed by atoms with Crippen molar-refractivity contribution in [2.24, 2.45) is 21.9 Å². The van der Waals surface area contributed by atoms with Gasteiger partial charge in [0.15, 0.2) is 11.9 Å². The summed E-state index contributed by atoms with van der Waals surface area (Å²) in [6.45, 7) is 0. The molecular formula is C17H16F3N5O3. The maximum absolute atomic E-state index is 12.2. The van der Waals surface area contributed by atoms with Crippen molar-refractivity contribution in [3.05, 3.63) is 59.7 Å². The number of amidine groups is 1. The number of rotatable bonds is 4. The van der Waals surface area contributed by atoms with Crippen LogP contribution in [0.2, 0.25) is 0 Å². The summed E-state index contributed by atoms with van der Waals surface area (Å²) in [5.41, 5.74) is 3.68. The largest absolute Gasteiger partial charge is 0.573 e. The fourth-order valence-corrected chi connectivity index (χ4v) is 2.49. The second kappa shape index (κ2) is 8.05. The summed E-state index contributed by atoms with van der Waals surface area (Å²) in [6, 6.07) is 12.1. The van der Waals surface area contributed by atoms with Gasteiger partial charge in [-0.05, 0) is 42.0 Å². The summed E-state index contributed by atoms with van der Waals surface area (Å²) in [5, 5.41) is 7.37. The van der Waals surface area contributed by atoms with Gasteiger partial charge in [0.05, 0.1) is 6.42 Å². The van der Waals surface area contributed by atoms with Crippen molar-refractivity contribution in [1.82, 2.24) is 5.43 Å². The highest BCUT2D eigenvalue weighted by Gasteiger charge is 2.31. The molecule has 0 aromatic heterocycles. The molecule has 0 aliphatic carbocycles. The van der Waals surface area contributed by atoms with Gasteiger partial charge in [0, 0.05) is 5.56 Å².